The van der Waals surface area contributed by atoms with Gasteiger partial charge < -0.3 is 5.32 Å². The van der Waals surface area contributed by atoms with Crippen LogP contribution in [-0.2, 0) is 6.42 Å². The van der Waals surface area contributed by atoms with Gasteiger partial charge in [-0.2, -0.15) is 0 Å². The second kappa shape index (κ2) is 5.72. The van der Waals surface area contributed by atoms with Gasteiger partial charge in [-0.05, 0) is 47.6 Å². The quantitative estimate of drug-likeness (QED) is 0.895. The van der Waals surface area contributed by atoms with Crippen molar-refractivity contribution in [1.82, 2.24) is 5.32 Å². The highest BCUT2D eigenvalue weighted by molar-refractivity contribution is 5.94. The van der Waals surface area contributed by atoms with Gasteiger partial charge in [-0.25, -0.2) is 0 Å². The van der Waals surface area contributed by atoms with Crippen molar-refractivity contribution < 1.29 is 4.79 Å². The van der Waals surface area contributed by atoms with E-state index in [4.69, 9.17) is 0 Å². The zero-order valence-electron chi connectivity index (χ0n) is 12.6. The van der Waals surface area contributed by atoms with E-state index in [-0.39, 0.29) is 11.9 Å². The number of amides is 1. The molecular weight excluding hydrogens is 258 g/mol. The molecule has 21 heavy (non-hydrogen) atoms. The Bertz CT molecular complexity index is 643. The van der Waals surface area contributed by atoms with E-state index in [0.29, 0.717) is 5.92 Å². The molecule has 2 heteroatoms. The Balaban J connectivity index is 1.72. The fraction of sp³-hybridized carbons (Fsp3) is 0.316. The van der Waals surface area contributed by atoms with Crippen LogP contribution in [-0.4, -0.2) is 5.91 Å². The van der Waals surface area contributed by atoms with Gasteiger partial charge in [-0.1, -0.05) is 50.2 Å². The number of hydrogen-bond acceptors (Lipinski definition) is 1. The molecule has 0 spiro atoms. The lowest BCUT2D eigenvalue weighted by molar-refractivity contribution is 0.0936. The Kier molecular flexibility index (Phi) is 3.78. The summed E-state index contributed by atoms with van der Waals surface area (Å²) in [5, 5.41) is 3.16. The second-order valence-corrected chi connectivity index (χ2v) is 6.04. The van der Waals surface area contributed by atoms with Gasteiger partial charge in [0.05, 0.1) is 6.04 Å². The van der Waals surface area contributed by atoms with E-state index in [1.54, 1.807) is 0 Å². The van der Waals surface area contributed by atoms with Crippen molar-refractivity contribution in [2.75, 3.05) is 0 Å². The third kappa shape index (κ3) is 2.85. The van der Waals surface area contributed by atoms with E-state index in [2.05, 4.69) is 37.4 Å². The van der Waals surface area contributed by atoms with Crippen LogP contribution in [0.4, 0.5) is 0 Å². The number of hydrogen-bond donors (Lipinski definition) is 1. The van der Waals surface area contributed by atoms with Crippen LogP contribution in [0.1, 0.15) is 59.3 Å². The number of carbonyl (C=O) groups is 1. The maximum Gasteiger partial charge on any atom is 0.251 e. The van der Waals surface area contributed by atoms with Gasteiger partial charge in [0.1, 0.15) is 0 Å². The minimum atomic E-state index is 0.0204. The van der Waals surface area contributed by atoms with Crippen LogP contribution >= 0.6 is 0 Å². The molecule has 2 nitrogen and oxygen atoms in total. The molecule has 0 heterocycles. The Morgan fingerprint density at radius 1 is 1.10 bits per heavy atom. The van der Waals surface area contributed by atoms with E-state index >= 15 is 0 Å². The van der Waals surface area contributed by atoms with E-state index in [1.165, 1.54) is 16.7 Å². The molecule has 3 rings (SSSR count). The first-order valence-corrected chi connectivity index (χ1v) is 7.64. The molecule has 0 saturated heterocycles. The molecule has 1 amide bonds. The minimum absolute atomic E-state index is 0.0204. The highest BCUT2D eigenvalue weighted by Crippen LogP contribution is 2.30. The predicted molar refractivity (Wildman–Crippen MR) is 85.5 cm³/mol. The first kappa shape index (κ1) is 13.9. The van der Waals surface area contributed by atoms with Crippen molar-refractivity contribution in [2.24, 2.45) is 0 Å². The highest BCUT2D eigenvalue weighted by atomic mass is 16.1. The molecule has 0 bridgehead atoms. The van der Waals surface area contributed by atoms with E-state index in [1.807, 2.05) is 30.3 Å². The molecule has 1 N–H and O–H groups in total. The topological polar surface area (TPSA) is 29.1 Å². The molecule has 1 aliphatic carbocycles. The van der Waals surface area contributed by atoms with Crippen molar-refractivity contribution in [1.29, 1.82) is 0 Å². The van der Waals surface area contributed by atoms with Crippen LogP contribution in [0, 0.1) is 0 Å². The molecule has 0 saturated carbocycles. The summed E-state index contributed by atoms with van der Waals surface area (Å²) in [5.41, 5.74) is 4.63. The van der Waals surface area contributed by atoms with Crippen LogP contribution in [0.15, 0.2) is 48.5 Å². The monoisotopic (exact) mass is 279 g/mol. The van der Waals surface area contributed by atoms with Gasteiger partial charge in [-0.3, -0.25) is 4.79 Å². The lowest BCUT2D eigenvalue weighted by atomic mass is 10.0. The summed E-state index contributed by atoms with van der Waals surface area (Å²) in [6, 6.07) is 16.5. The zero-order valence-corrected chi connectivity index (χ0v) is 12.6. The SMILES string of the molecule is CC(C)c1ccc(C(=O)N[C@H]2CCc3ccccc32)cc1. The van der Waals surface area contributed by atoms with Crippen molar-refractivity contribution >= 4 is 5.91 Å². The smallest absolute Gasteiger partial charge is 0.251 e. The summed E-state index contributed by atoms with van der Waals surface area (Å²) in [5.74, 6) is 0.510. The van der Waals surface area contributed by atoms with Gasteiger partial charge >= 0.3 is 0 Å². The average Bonchev–Trinajstić information content (AvgIpc) is 2.91. The van der Waals surface area contributed by atoms with Crippen LogP contribution in [0.25, 0.3) is 0 Å². The van der Waals surface area contributed by atoms with Crippen molar-refractivity contribution in [2.45, 2.75) is 38.6 Å². The molecule has 2 aromatic carbocycles. The molecular formula is C19H21NO. The van der Waals surface area contributed by atoms with Crippen molar-refractivity contribution in [3.63, 3.8) is 0 Å². The molecule has 0 aliphatic heterocycles. The van der Waals surface area contributed by atoms with Gasteiger partial charge in [0.15, 0.2) is 0 Å². The molecule has 108 valence electrons. The van der Waals surface area contributed by atoms with Crippen molar-refractivity contribution in [3.8, 4) is 0 Å². The Hall–Kier alpha value is -2.09. The second-order valence-electron chi connectivity index (χ2n) is 6.04. The third-order valence-corrected chi connectivity index (χ3v) is 4.28. The Labute approximate surface area is 126 Å². The predicted octanol–water partition coefficient (Wildman–Crippen LogP) is 4.23. The zero-order chi connectivity index (χ0) is 14.8. The van der Waals surface area contributed by atoms with E-state index in [9.17, 15) is 4.79 Å². The van der Waals surface area contributed by atoms with Crippen LogP contribution < -0.4 is 5.32 Å². The maximum absolute atomic E-state index is 12.4. The summed E-state index contributed by atoms with van der Waals surface area (Å²) in [6.07, 6.45) is 2.04. The fourth-order valence-corrected chi connectivity index (χ4v) is 2.97. The summed E-state index contributed by atoms with van der Waals surface area (Å²) >= 11 is 0. The maximum atomic E-state index is 12.4. The summed E-state index contributed by atoms with van der Waals surface area (Å²) < 4.78 is 0. The summed E-state index contributed by atoms with van der Waals surface area (Å²) in [6.45, 7) is 4.31. The summed E-state index contributed by atoms with van der Waals surface area (Å²) in [7, 11) is 0. The Morgan fingerprint density at radius 2 is 1.81 bits per heavy atom. The van der Waals surface area contributed by atoms with E-state index in [0.717, 1.165) is 18.4 Å². The van der Waals surface area contributed by atoms with Gasteiger partial charge in [0.2, 0.25) is 0 Å². The van der Waals surface area contributed by atoms with Gasteiger partial charge in [-0.15, -0.1) is 0 Å². The first-order valence-electron chi connectivity index (χ1n) is 7.64. The number of rotatable bonds is 3. The average molecular weight is 279 g/mol. The number of benzene rings is 2. The highest BCUT2D eigenvalue weighted by Gasteiger charge is 2.23. The largest absolute Gasteiger partial charge is 0.345 e. The standard InChI is InChI=1S/C19H21NO/c1-13(2)14-7-9-16(10-8-14)19(21)20-18-12-11-15-5-3-4-6-17(15)18/h3-10,13,18H,11-12H2,1-2H3,(H,20,21)/t18-/m0/s1. The number of fused-ring (bicyclic) bond motifs is 1. The van der Waals surface area contributed by atoms with Gasteiger partial charge in [0.25, 0.3) is 5.91 Å². The summed E-state index contributed by atoms with van der Waals surface area (Å²) in [4.78, 5) is 12.4. The molecule has 1 atom stereocenters. The molecule has 0 unspecified atom stereocenters. The number of carbonyl (C=O) groups excluding carboxylic acids is 1. The molecule has 0 aromatic heterocycles. The van der Waals surface area contributed by atoms with Crippen LogP contribution in [0.2, 0.25) is 0 Å². The first-order chi connectivity index (χ1) is 10.1. The minimum Gasteiger partial charge on any atom is -0.345 e. The normalized spacial score (nSPS) is 16.8. The van der Waals surface area contributed by atoms with Gasteiger partial charge in [0, 0.05) is 5.56 Å². The fourth-order valence-electron chi connectivity index (χ4n) is 2.97. The van der Waals surface area contributed by atoms with Crippen LogP contribution in [0.5, 0.6) is 0 Å². The molecule has 0 radical (unpaired) electrons. The Morgan fingerprint density at radius 3 is 2.52 bits per heavy atom. The third-order valence-electron chi connectivity index (χ3n) is 4.28. The van der Waals surface area contributed by atoms with Crippen LogP contribution in [0.3, 0.4) is 0 Å². The van der Waals surface area contributed by atoms with E-state index < -0.39 is 0 Å². The molecule has 1 aliphatic rings. The number of nitrogens with one attached hydrogen (secondary N) is 1. The lowest BCUT2D eigenvalue weighted by Gasteiger charge is -2.14. The molecule has 2 aromatic rings. The molecule has 0 fully saturated rings. The number of aryl methyl sites for hydroxylation is 1. The van der Waals surface area contributed by atoms with Crippen molar-refractivity contribution in [3.05, 3.63) is 70.8 Å². The lowest BCUT2D eigenvalue weighted by Crippen LogP contribution is -2.27.